The summed E-state index contributed by atoms with van der Waals surface area (Å²) in [4.78, 5) is 24.1. The van der Waals surface area contributed by atoms with Gasteiger partial charge in [0.15, 0.2) is 6.29 Å². The van der Waals surface area contributed by atoms with E-state index in [1.165, 1.54) is 4.68 Å². The SMILES string of the molecule is Cc1cnn(Cc2ccccc2)c(=O)c1-c1ccccc1C=O. The minimum absolute atomic E-state index is 0.192. The van der Waals surface area contributed by atoms with Gasteiger partial charge in [0.05, 0.1) is 18.3 Å². The fourth-order valence-electron chi connectivity index (χ4n) is 2.60. The van der Waals surface area contributed by atoms with E-state index >= 15 is 0 Å². The van der Waals surface area contributed by atoms with Gasteiger partial charge in [0.2, 0.25) is 0 Å². The van der Waals surface area contributed by atoms with Crippen LogP contribution >= 0.6 is 0 Å². The van der Waals surface area contributed by atoms with Gasteiger partial charge in [0, 0.05) is 5.56 Å². The number of hydrogen-bond donors (Lipinski definition) is 0. The number of nitrogens with zero attached hydrogens (tertiary/aromatic N) is 2. The third-order valence-electron chi connectivity index (χ3n) is 3.77. The molecule has 3 rings (SSSR count). The second kappa shape index (κ2) is 6.40. The molecule has 2 aromatic carbocycles. The van der Waals surface area contributed by atoms with Gasteiger partial charge in [-0.25, -0.2) is 4.68 Å². The average Bonchev–Trinajstić information content (AvgIpc) is 2.59. The van der Waals surface area contributed by atoms with Crippen LogP contribution < -0.4 is 5.56 Å². The first-order valence-corrected chi connectivity index (χ1v) is 7.36. The zero-order valence-electron chi connectivity index (χ0n) is 12.8. The molecule has 0 fully saturated rings. The number of aldehydes is 1. The normalized spacial score (nSPS) is 10.5. The number of aromatic nitrogens is 2. The Bertz CT molecular complexity index is 899. The molecule has 0 aliphatic heterocycles. The summed E-state index contributed by atoms with van der Waals surface area (Å²) in [5.74, 6) is 0. The lowest BCUT2D eigenvalue weighted by Crippen LogP contribution is -2.26. The van der Waals surface area contributed by atoms with Crippen LogP contribution in [-0.4, -0.2) is 16.1 Å². The summed E-state index contributed by atoms with van der Waals surface area (Å²) in [7, 11) is 0. The molecule has 1 heterocycles. The van der Waals surface area contributed by atoms with Crippen molar-refractivity contribution in [3.05, 3.63) is 87.8 Å². The molecular weight excluding hydrogens is 288 g/mol. The van der Waals surface area contributed by atoms with Crippen molar-refractivity contribution >= 4 is 6.29 Å². The Morgan fingerprint density at radius 1 is 1.04 bits per heavy atom. The predicted octanol–water partition coefficient (Wildman–Crippen LogP) is 3.08. The summed E-state index contributed by atoms with van der Waals surface area (Å²) in [6.45, 7) is 2.23. The van der Waals surface area contributed by atoms with Crippen LogP contribution in [0.1, 0.15) is 21.5 Å². The van der Waals surface area contributed by atoms with Gasteiger partial charge < -0.3 is 0 Å². The largest absolute Gasteiger partial charge is 0.298 e. The van der Waals surface area contributed by atoms with Crippen LogP contribution in [0, 0.1) is 6.92 Å². The smallest absolute Gasteiger partial charge is 0.275 e. The zero-order valence-corrected chi connectivity index (χ0v) is 12.8. The molecule has 3 aromatic rings. The highest BCUT2D eigenvalue weighted by Crippen LogP contribution is 2.22. The summed E-state index contributed by atoms with van der Waals surface area (Å²) in [6, 6.07) is 16.8. The third-order valence-corrected chi connectivity index (χ3v) is 3.77. The molecule has 0 bridgehead atoms. The lowest BCUT2D eigenvalue weighted by molar-refractivity contribution is 0.112. The van der Waals surface area contributed by atoms with Crippen molar-refractivity contribution in [1.82, 2.24) is 9.78 Å². The van der Waals surface area contributed by atoms with Crippen LogP contribution in [0.2, 0.25) is 0 Å². The highest BCUT2D eigenvalue weighted by atomic mass is 16.1. The maximum absolute atomic E-state index is 12.8. The number of carbonyl (C=O) groups is 1. The first-order valence-electron chi connectivity index (χ1n) is 7.36. The fraction of sp³-hybridized carbons (Fsp3) is 0.105. The first kappa shape index (κ1) is 14.9. The summed E-state index contributed by atoms with van der Waals surface area (Å²) in [5, 5.41) is 4.23. The number of carbonyl (C=O) groups excluding carboxylic acids is 1. The number of benzene rings is 2. The summed E-state index contributed by atoms with van der Waals surface area (Å²) < 4.78 is 1.43. The average molecular weight is 304 g/mol. The highest BCUT2D eigenvalue weighted by molar-refractivity contribution is 5.87. The molecule has 0 aliphatic carbocycles. The van der Waals surface area contributed by atoms with Crippen LogP contribution in [0.25, 0.3) is 11.1 Å². The van der Waals surface area contributed by atoms with Gasteiger partial charge in [-0.3, -0.25) is 9.59 Å². The Labute approximate surface area is 134 Å². The van der Waals surface area contributed by atoms with Crippen molar-refractivity contribution in [1.29, 1.82) is 0 Å². The van der Waals surface area contributed by atoms with Crippen molar-refractivity contribution in [2.24, 2.45) is 0 Å². The van der Waals surface area contributed by atoms with Gasteiger partial charge in [-0.2, -0.15) is 5.10 Å². The molecule has 1 aromatic heterocycles. The van der Waals surface area contributed by atoms with Crippen molar-refractivity contribution in [2.45, 2.75) is 13.5 Å². The second-order valence-corrected chi connectivity index (χ2v) is 5.36. The van der Waals surface area contributed by atoms with Gasteiger partial charge >= 0.3 is 0 Å². The minimum atomic E-state index is -0.192. The van der Waals surface area contributed by atoms with E-state index in [-0.39, 0.29) is 5.56 Å². The lowest BCUT2D eigenvalue weighted by Gasteiger charge is -2.11. The molecule has 114 valence electrons. The standard InChI is InChI=1S/C19H16N2O2/c1-14-11-20-21(12-15-7-3-2-4-8-15)19(23)18(14)17-10-6-5-9-16(17)13-22/h2-11,13H,12H2,1H3. The van der Waals surface area contributed by atoms with Gasteiger partial charge in [-0.15, -0.1) is 0 Å². The zero-order chi connectivity index (χ0) is 16.2. The Morgan fingerprint density at radius 3 is 2.48 bits per heavy atom. The van der Waals surface area contributed by atoms with Crippen molar-refractivity contribution < 1.29 is 4.79 Å². The second-order valence-electron chi connectivity index (χ2n) is 5.36. The molecule has 4 heteroatoms. The van der Waals surface area contributed by atoms with Crippen molar-refractivity contribution in [3.8, 4) is 11.1 Å². The van der Waals surface area contributed by atoms with E-state index in [2.05, 4.69) is 5.10 Å². The predicted molar refractivity (Wildman–Crippen MR) is 89.6 cm³/mol. The molecule has 0 N–H and O–H groups in total. The van der Waals surface area contributed by atoms with Crippen molar-refractivity contribution in [2.75, 3.05) is 0 Å². The number of hydrogen-bond acceptors (Lipinski definition) is 3. The monoisotopic (exact) mass is 304 g/mol. The first-order chi connectivity index (χ1) is 11.2. The molecule has 0 spiro atoms. The minimum Gasteiger partial charge on any atom is -0.298 e. The summed E-state index contributed by atoms with van der Waals surface area (Å²) >= 11 is 0. The highest BCUT2D eigenvalue weighted by Gasteiger charge is 2.14. The van der Waals surface area contributed by atoms with Gasteiger partial charge in [0.1, 0.15) is 0 Å². The Hall–Kier alpha value is -3.01. The van der Waals surface area contributed by atoms with Crippen LogP contribution in [0.15, 0.2) is 65.6 Å². The lowest BCUT2D eigenvalue weighted by atomic mass is 9.99. The van der Waals surface area contributed by atoms with E-state index in [4.69, 9.17) is 0 Å². The van der Waals surface area contributed by atoms with E-state index in [1.807, 2.05) is 43.3 Å². The van der Waals surface area contributed by atoms with Gasteiger partial charge in [-0.05, 0) is 23.6 Å². The summed E-state index contributed by atoms with van der Waals surface area (Å²) in [6.07, 6.45) is 2.44. The molecular formula is C19H16N2O2. The maximum Gasteiger partial charge on any atom is 0.275 e. The Balaban J connectivity index is 2.13. The molecule has 0 saturated carbocycles. The van der Waals surface area contributed by atoms with Crippen LogP contribution in [0.5, 0.6) is 0 Å². The van der Waals surface area contributed by atoms with E-state index < -0.39 is 0 Å². The van der Waals surface area contributed by atoms with E-state index in [0.717, 1.165) is 17.4 Å². The van der Waals surface area contributed by atoms with Crippen LogP contribution in [-0.2, 0) is 6.54 Å². The molecule has 0 atom stereocenters. The van der Waals surface area contributed by atoms with Gasteiger partial charge in [-0.1, -0.05) is 54.6 Å². The molecule has 0 aliphatic rings. The third kappa shape index (κ3) is 2.97. The molecule has 0 amide bonds. The van der Waals surface area contributed by atoms with Crippen molar-refractivity contribution in [3.63, 3.8) is 0 Å². The number of aryl methyl sites for hydroxylation is 1. The van der Waals surface area contributed by atoms with Crippen LogP contribution in [0.3, 0.4) is 0 Å². The molecule has 0 radical (unpaired) electrons. The topological polar surface area (TPSA) is 52.0 Å². The fourth-order valence-corrected chi connectivity index (χ4v) is 2.60. The summed E-state index contributed by atoms with van der Waals surface area (Å²) in [5.41, 5.74) is 3.25. The Kier molecular flexibility index (Phi) is 4.15. The number of rotatable bonds is 4. The quantitative estimate of drug-likeness (QED) is 0.696. The maximum atomic E-state index is 12.8. The van der Waals surface area contributed by atoms with Gasteiger partial charge in [0.25, 0.3) is 5.56 Å². The van der Waals surface area contributed by atoms with E-state index in [0.29, 0.717) is 23.2 Å². The van der Waals surface area contributed by atoms with E-state index in [1.54, 1.807) is 24.4 Å². The van der Waals surface area contributed by atoms with E-state index in [9.17, 15) is 9.59 Å². The Morgan fingerprint density at radius 2 is 1.74 bits per heavy atom. The molecule has 0 saturated heterocycles. The molecule has 23 heavy (non-hydrogen) atoms. The van der Waals surface area contributed by atoms with Crippen LogP contribution in [0.4, 0.5) is 0 Å². The molecule has 0 unspecified atom stereocenters. The molecule has 4 nitrogen and oxygen atoms in total.